The fraction of sp³-hybridized carbons (Fsp3) is 0.136. The Balaban J connectivity index is 1.95. The third-order valence-corrected chi connectivity index (χ3v) is 6.76. The lowest BCUT2D eigenvalue weighted by molar-refractivity contribution is -0.384. The fourth-order valence-corrected chi connectivity index (χ4v) is 4.49. The van der Waals surface area contributed by atoms with Gasteiger partial charge in [0.05, 0.1) is 21.2 Å². The molecule has 0 fully saturated rings. The molecule has 0 aliphatic rings. The van der Waals surface area contributed by atoms with Crippen LogP contribution in [-0.4, -0.2) is 25.8 Å². The predicted molar refractivity (Wildman–Crippen MR) is 124 cm³/mol. The molecule has 1 amide bonds. The number of nitro groups is 1. The van der Waals surface area contributed by atoms with Crippen molar-refractivity contribution in [2.75, 3.05) is 16.2 Å². The zero-order valence-corrected chi connectivity index (χ0v) is 18.9. The number of aryl methyl sites for hydroxylation is 2. The number of carbonyl (C=O) groups excluding carboxylic acids is 1. The maximum atomic E-state index is 13.4. The third-order valence-electron chi connectivity index (χ3n) is 4.72. The van der Waals surface area contributed by atoms with Gasteiger partial charge in [-0.1, -0.05) is 35.4 Å². The van der Waals surface area contributed by atoms with Crippen LogP contribution in [0.15, 0.2) is 71.6 Å². The lowest BCUT2D eigenvalue weighted by Gasteiger charge is -2.24. The molecule has 0 spiro atoms. The van der Waals surface area contributed by atoms with E-state index in [2.05, 4.69) is 5.32 Å². The second-order valence-electron chi connectivity index (χ2n) is 7.11. The van der Waals surface area contributed by atoms with Crippen LogP contribution >= 0.6 is 11.6 Å². The van der Waals surface area contributed by atoms with Crippen LogP contribution in [-0.2, 0) is 14.8 Å². The second-order valence-corrected chi connectivity index (χ2v) is 9.40. The van der Waals surface area contributed by atoms with Crippen molar-refractivity contribution in [3.05, 3.63) is 93.0 Å². The highest BCUT2D eigenvalue weighted by molar-refractivity contribution is 7.92. The number of halogens is 1. The van der Waals surface area contributed by atoms with Gasteiger partial charge in [0.1, 0.15) is 6.54 Å². The Kier molecular flexibility index (Phi) is 6.81. The monoisotopic (exact) mass is 473 g/mol. The lowest BCUT2D eigenvalue weighted by Crippen LogP contribution is -2.38. The van der Waals surface area contributed by atoms with E-state index in [4.69, 9.17) is 11.6 Å². The van der Waals surface area contributed by atoms with E-state index in [0.29, 0.717) is 10.6 Å². The van der Waals surface area contributed by atoms with Gasteiger partial charge in [-0.3, -0.25) is 19.2 Å². The van der Waals surface area contributed by atoms with E-state index < -0.39 is 27.4 Å². The van der Waals surface area contributed by atoms with Crippen molar-refractivity contribution in [3.8, 4) is 0 Å². The highest BCUT2D eigenvalue weighted by Crippen LogP contribution is 2.26. The fourth-order valence-electron chi connectivity index (χ4n) is 2.94. The molecule has 3 rings (SSSR count). The van der Waals surface area contributed by atoms with Crippen LogP contribution < -0.4 is 9.62 Å². The summed E-state index contributed by atoms with van der Waals surface area (Å²) in [6.07, 6.45) is 0. The molecular weight excluding hydrogens is 454 g/mol. The minimum Gasteiger partial charge on any atom is -0.324 e. The molecule has 0 atom stereocenters. The van der Waals surface area contributed by atoms with E-state index >= 15 is 0 Å². The molecular formula is C22H20ClN3O5S. The molecule has 0 aliphatic carbocycles. The molecule has 10 heteroatoms. The van der Waals surface area contributed by atoms with Gasteiger partial charge < -0.3 is 5.32 Å². The summed E-state index contributed by atoms with van der Waals surface area (Å²) in [5.74, 6) is -0.653. The van der Waals surface area contributed by atoms with Gasteiger partial charge in [0.2, 0.25) is 5.91 Å². The Morgan fingerprint density at radius 2 is 1.66 bits per heavy atom. The first-order valence-electron chi connectivity index (χ1n) is 9.48. The summed E-state index contributed by atoms with van der Waals surface area (Å²) in [5.41, 5.74) is 1.78. The summed E-state index contributed by atoms with van der Waals surface area (Å²) in [6.45, 7) is 2.97. The van der Waals surface area contributed by atoms with Crippen LogP contribution in [0.1, 0.15) is 11.1 Å². The van der Waals surface area contributed by atoms with E-state index in [0.717, 1.165) is 9.87 Å². The maximum absolute atomic E-state index is 13.4. The molecule has 0 aliphatic heterocycles. The molecule has 0 saturated heterocycles. The normalized spacial score (nSPS) is 11.1. The van der Waals surface area contributed by atoms with Gasteiger partial charge in [-0.25, -0.2) is 8.42 Å². The van der Waals surface area contributed by atoms with E-state index in [-0.39, 0.29) is 22.0 Å². The lowest BCUT2D eigenvalue weighted by atomic mass is 10.2. The average Bonchev–Trinajstić information content (AvgIpc) is 2.74. The summed E-state index contributed by atoms with van der Waals surface area (Å²) in [7, 11) is -4.08. The minimum absolute atomic E-state index is 0.0254. The predicted octanol–water partition coefficient (Wildman–Crippen LogP) is 4.70. The maximum Gasteiger partial charge on any atom is 0.271 e. The number of benzene rings is 3. The van der Waals surface area contributed by atoms with Crippen LogP contribution in [0.4, 0.5) is 17.1 Å². The number of anilines is 2. The summed E-state index contributed by atoms with van der Waals surface area (Å²) >= 11 is 5.93. The van der Waals surface area contributed by atoms with E-state index in [1.807, 2.05) is 6.92 Å². The van der Waals surface area contributed by atoms with Gasteiger partial charge in [-0.15, -0.1) is 0 Å². The van der Waals surface area contributed by atoms with Gasteiger partial charge in [0, 0.05) is 17.2 Å². The topological polar surface area (TPSA) is 110 Å². The molecule has 0 radical (unpaired) electrons. The first-order valence-corrected chi connectivity index (χ1v) is 11.3. The molecule has 8 nitrogen and oxygen atoms in total. The Hall–Kier alpha value is -3.43. The number of hydrogen-bond acceptors (Lipinski definition) is 5. The van der Waals surface area contributed by atoms with Crippen molar-refractivity contribution < 1.29 is 18.1 Å². The summed E-state index contributed by atoms with van der Waals surface area (Å²) in [6, 6.07) is 16.4. The molecule has 0 heterocycles. The van der Waals surface area contributed by atoms with Crippen molar-refractivity contribution in [1.82, 2.24) is 0 Å². The molecule has 3 aromatic rings. The number of nitrogens with zero attached hydrogens (tertiary/aromatic N) is 2. The highest BCUT2D eigenvalue weighted by atomic mass is 35.5. The molecule has 0 unspecified atom stereocenters. The van der Waals surface area contributed by atoms with Crippen molar-refractivity contribution >= 4 is 44.6 Å². The van der Waals surface area contributed by atoms with Crippen LogP contribution in [0.3, 0.4) is 0 Å². The Labute approximate surface area is 190 Å². The number of nitrogens with one attached hydrogen (secondary N) is 1. The summed E-state index contributed by atoms with van der Waals surface area (Å²) < 4.78 is 27.7. The van der Waals surface area contributed by atoms with Crippen LogP contribution in [0.25, 0.3) is 0 Å². The third kappa shape index (κ3) is 5.24. The minimum atomic E-state index is -4.08. The molecule has 1 N–H and O–H groups in total. The van der Waals surface area contributed by atoms with E-state index in [1.54, 1.807) is 19.1 Å². The van der Waals surface area contributed by atoms with Gasteiger partial charge in [-0.2, -0.15) is 0 Å². The van der Waals surface area contributed by atoms with Crippen molar-refractivity contribution in [3.63, 3.8) is 0 Å². The number of nitro benzene ring substituents is 1. The first-order chi connectivity index (χ1) is 15.1. The van der Waals surface area contributed by atoms with Crippen molar-refractivity contribution in [1.29, 1.82) is 0 Å². The first kappa shape index (κ1) is 23.2. The molecule has 0 aromatic heterocycles. The van der Waals surface area contributed by atoms with Crippen molar-refractivity contribution in [2.24, 2.45) is 0 Å². The zero-order chi connectivity index (χ0) is 23.5. The number of non-ortho nitro benzene ring substituents is 1. The standard InChI is InChI=1S/C22H20ClN3O5S/c1-15-3-11-20(12-4-15)32(30,31)25(18-9-6-17(23)7-10-18)14-22(27)24-21-13-19(26(28)29)8-5-16(21)2/h3-13H,14H2,1-2H3,(H,24,27). The molecule has 0 bridgehead atoms. The number of carbonyl (C=O) groups is 1. The van der Waals surface area contributed by atoms with E-state index in [1.165, 1.54) is 54.6 Å². The average molecular weight is 474 g/mol. The summed E-state index contributed by atoms with van der Waals surface area (Å²) in [4.78, 5) is 23.3. The Morgan fingerprint density at radius 1 is 1.03 bits per heavy atom. The van der Waals surface area contributed by atoms with Crippen LogP contribution in [0.5, 0.6) is 0 Å². The molecule has 3 aromatic carbocycles. The number of amides is 1. The van der Waals surface area contributed by atoms with Crippen LogP contribution in [0.2, 0.25) is 5.02 Å². The molecule has 32 heavy (non-hydrogen) atoms. The van der Waals surface area contributed by atoms with Gasteiger partial charge in [-0.05, 0) is 55.8 Å². The Morgan fingerprint density at radius 3 is 2.25 bits per heavy atom. The number of sulfonamides is 1. The number of rotatable bonds is 7. The molecule has 166 valence electrons. The Bertz CT molecular complexity index is 1260. The summed E-state index contributed by atoms with van der Waals surface area (Å²) in [5, 5.41) is 14.0. The van der Waals surface area contributed by atoms with E-state index in [9.17, 15) is 23.3 Å². The van der Waals surface area contributed by atoms with Gasteiger partial charge in [0.25, 0.3) is 15.7 Å². The zero-order valence-electron chi connectivity index (χ0n) is 17.3. The smallest absolute Gasteiger partial charge is 0.271 e. The largest absolute Gasteiger partial charge is 0.324 e. The highest BCUT2D eigenvalue weighted by Gasteiger charge is 2.27. The number of hydrogen-bond donors (Lipinski definition) is 1. The SMILES string of the molecule is Cc1ccc(S(=O)(=O)N(CC(=O)Nc2cc([N+](=O)[O-])ccc2C)c2ccc(Cl)cc2)cc1. The van der Waals surface area contributed by atoms with Gasteiger partial charge in [0.15, 0.2) is 0 Å². The second kappa shape index (κ2) is 9.37. The molecule has 0 saturated carbocycles. The van der Waals surface area contributed by atoms with Gasteiger partial charge >= 0.3 is 0 Å². The van der Waals surface area contributed by atoms with Crippen LogP contribution in [0, 0.1) is 24.0 Å². The quantitative estimate of drug-likeness (QED) is 0.395. The van der Waals surface area contributed by atoms with Crippen molar-refractivity contribution in [2.45, 2.75) is 18.7 Å².